The van der Waals surface area contributed by atoms with Crippen molar-refractivity contribution in [3.63, 3.8) is 0 Å². The van der Waals surface area contributed by atoms with Crippen LogP contribution in [0, 0.1) is 0 Å². The van der Waals surface area contributed by atoms with Gasteiger partial charge in [-0.05, 0) is 49.7 Å². The zero-order valence-corrected chi connectivity index (χ0v) is 12.5. The zero-order valence-electron chi connectivity index (χ0n) is 12.5. The number of carboxylic acids is 1. The topological polar surface area (TPSA) is 49.3 Å². The summed E-state index contributed by atoms with van der Waals surface area (Å²) in [5.41, 5.74) is 2.02. The summed E-state index contributed by atoms with van der Waals surface area (Å²) in [5.74, 6) is -0.307. The highest BCUT2D eigenvalue weighted by Crippen LogP contribution is 2.31. The summed E-state index contributed by atoms with van der Waals surface area (Å²) in [4.78, 5) is 11.5. The van der Waals surface area contributed by atoms with Gasteiger partial charge in [-0.2, -0.15) is 0 Å². The first-order valence-electron chi connectivity index (χ1n) is 7.63. The number of rotatable bonds is 6. The highest BCUT2D eigenvalue weighted by molar-refractivity contribution is 5.78. The Morgan fingerprint density at radius 2 is 2.20 bits per heavy atom. The molecule has 0 spiro atoms. The highest BCUT2D eigenvalue weighted by Gasteiger charge is 2.32. The Labute approximate surface area is 121 Å². The summed E-state index contributed by atoms with van der Waals surface area (Å²) >= 11 is 0. The van der Waals surface area contributed by atoms with Crippen LogP contribution in [0.5, 0.6) is 0 Å². The van der Waals surface area contributed by atoms with Crippen LogP contribution < -0.4 is 5.32 Å². The number of fused-ring (bicyclic) bond motifs is 1. The first kappa shape index (κ1) is 15.0. The summed E-state index contributed by atoms with van der Waals surface area (Å²) < 4.78 is 0. The maximum absolute atomic E-state index is 11.5. The standard InChI is InChI=1S/C17H25NO2/c1-3-11-17(2,16(19)20)18-12-14-9-6-8-13-7-4-5-10-15(13)14/h4-5,7,10,14,18H,3,6,8-9,11-12H2,1-2H3,(H,19,20). The third-order valence-corrected chi connectivity index (χ3v) is 4.45. The fraction of sp³-hybridized carbons (Fsp3) is 0.588. The van der Waals surface area contributed by atoms with Crippen LogP contribution in [-0.2, 0) is 11.2 Å². The van der Waals surface area contributed by atoms with Gasteiger partial charge >= 0.3 is 5.97 Å². The van der Waals surface area contributed by atoms with E-state index in [0.29, 0.717) is 12.3 Å². The molecular formula is C17H25NO2. The van der Waals surface area contributed by atoms with Gasteiger partial charge in [0.05, 0.1) is 0 Å². The molecule has 2 atom stereocenters. The Morgan fingerprint density at radius 1 is 1.45 bits per heavy atom. The lowest BCUT2D eigenvalue weighted by Crippen LogP contribution is -2.50. The molecule has 1 aromatic carbocycles. The molecule has 0 radical (unpaired) electrons. The van der Waals surface area contributed by atoms with Gasteiger partial charge in [0.25, 0.3) is 0 Å². The van der Waals surface area contributed by atoms with Crippen molar-refractivity contribution in [3.05, 3.63) is 35.4 Å². The molecule has 2 N–H and O–H groups in total. The molecule has 3 nitrogen and oxygen atoms in total. The first-order chi connectivity index (χ1) is 9.57. The van der Waals surface area contributed by atoms with Crippen molar-refractivity contribution >= 4 is 5.97 Å². The summed E-state index contributed by atoms with van der Waals surface area (Å²) in [7, 11) is 0. The summed E-state index contributed by atoms with van der Waals surface area (Å²) in [6, 6.07) is 8.56. The average molecular weight is 275 g/mol. The Bertz CT molecular complexity index is 472. The van der Waals surface area contributed by atoms with E-state index in [1.165, 1.54) is 17.5 Å². The predicted octanol–water partition coefficient (Wildman–Crippen LogP) is 3.34. The maximum Gasteiger partial charge on any atom is 0.323 e. The van der Waals surface area contributed by atoms with Gasteiger partial charge in [0, 0.05) is 6.54 Å². The Kier molecular flexibility index (Phi) is 4.81. The number of benzene rings is 1. The monoisotopic (exact) mass is 275 g/mol. The molecule has 0 fully saturated rings. The molecule has 1 aliphatic rings. The number of hydrogen-bond donors (Lipinski definition) is 2. The number of carbonyl (C=O) groups is 1. The van der Waals surface area contributed by atoms with E-state index < -0.39 is 11.5 Å². The van der Waals surface area contributed by atoms with Crippen LogP contribution >= 0.6 is 0 Å². The second-order valence-corrected chi connectivity index (χ2v) is 6.06. The third kappa shape index (κ3) is 3.21. The lowest BCUT2D eigenvalue weighted by atomic mass is 9.82. The van der Waals surface area contributed by atoms with Gasteiger partial charge in [-0.3, -0.25) is 4.79 Å². The van der Waals surface area contributed by atoms with Gasteiger partial charge in [0.15, 0.2) is 0 Å². The zero-order chi connectivity index (χ0) is 14.6. The van der Waals surface area contributed by atoms with Crippen molar-refractivity contribution < 1.29 is 9.90 Å². The van der Waals surface area contributed by atoms with Crippen molar-refractivity contribution in [2.24, 2.45) is 0 Å². The molecule has 0 heterocycles. The molecule has 0 saturated heterocycles. The lowest BCUT2D eigenvalue weighted by molar-refractivity contribution is -0.144. The normalized spacial score (nSPS) is 21.0. The summed E-state index contributed by atoms with van der Waals surface area (Å²) in [5, 5.41) is 12.7. The number of carboxylic acid groups (broad SMARTS) is 1. The maximum atomic E-state index is 11.5. The van der Waals surface area contributed by atoms with E-state index in [-0.39, 0.29) is 0 Å². The number of nitrogens with one attached hydrogen (secondary N) is 1. The molecule has 0 amide bonds. The Morgan fingerprint density at radius 3 is 2.90 bits per heavy atom. The van der Waals surface area contributed by atoms with Crippen molar-refractivity contribution in [3.8, 4) is 0 Å². The number of aryl methyl sites for hydroxylation is 1. The van der Waals surface area contributed by atoms with E-state index in [4.69, 9.17) is 0 Å². The quantitative estimate of drug-likeness (QED) is 0.837. The fourth-order valence-electron chi connectivity index (χ4n) is 3.19. The summed E-state index contributed by atoms with van der Waals surface area (Å²) in [6.07, 6.45) is 5.03. The molecule has 0 saturated carbocycles. The van der Waals surface area contributed by atoms with Crippen LogP contribution in [0.2, 0.25) is 0 Å². The first-order valence-corrected chi connectivity index (χ1v) is 7.63. The Hall–Kier alpha value is -1.35. The SMILES string of the molecule is CCCC(C)(NCC1CCCc2ccccc21)C(=O)O. The molecule has 1 aromatic rings. The molecule has 3 heteroatoms. The van der Waals surface area contributed by atoms with Crippen molar-refractivity contribution in [2.45, 2.75) is 57.4 Å². The predicted molar refractivity (Wildman–Crippen MR) is 81.1 cm³/mol. The number of aliphatic carboxylic acids is 1. The van der Waals surface area contributed by atoms with Gasteiger partial charge in [0.2, 0.25) is 0 Å². The highest BCUT2D eigenvalue weighted by atomic mass is 16.4. The van der Waals surface area contributed by atoms with Gasteiger partial charge in [0.1, 0.15) is 5.54 Å². The summed E-state index contributed by atoms with van der Waals surface area (Å²) in [6.45, 7) is 4.58. The minimum absolute atomic E-state index is 0.440. The molecule has 0 aliphatic heterocycles. The van der Waals surface area contributed by atoms with Crippen molar-refractivity contribution in [1.29, 1.82) is 0 Å². The third-order valence-electron chi connectivity index (χ3n) is 4.45. The van der Waals surface area contributed by atoms with E-state index >= 15 is 0 Å². The van der Waals surface area contributed by atoms with Gasteiger partial charge in [-0.25, -0.2) is 0 Å². The van der Waals surface area contributed by atoms with Gasteiger partial charge in [-0.1, -0.05) is 37.6 Å². The van der Waals surface area contributed by atoms with Crippen molar-refractivity contribution in [1.82, 2.24) is 5.32 Å². The minimum atomic E-state index is -0.804. The number of hydrogen-bond acceptors (Lipinski definition) is 2. The van der Waals surface area contributed by atoms with Gasteiger partial charge < -0.3 is 10.4 Å². The van der Waals surface area contributed by atoms with Crippen LogP contribution in [0.1, 0.15) is 56.6 Å². The largest absolute Gasteiger partial charge is 0.480 e. The molecular weight excluding hydrogens is 250 g/mol. The van der Waals surface area contributed by atoms with Crippen LogP contribution in [0.15, 0.2) is 24.3 Å². The average Bonchev–Trinajstić information content (AvgIpc) is 2.45. The van der Waals surface area contributed by atoms with Crippen LogP contribution in [0.3, 0.4) is 0 Å². The fourth-order valence-corrected chi connectivity index (χ4v) is 3.19. The van der Waals surface area contributed by atoms with E-state index in [1.807, 2.05) is 6.92 Å². The molecule has 110 valence electrons. The second-order valence-electron chi connectivity index (χ2n) is 6.06. The van der Waals surface area contributed by atoms with Crippen LogP contribution in [0.25, 0.3) is 0 Å². The lowest BCUT2D eigenvalue weighted by Gasteiger charge is -2.31. The second kappa shape index (κ2) is 6.40. The smallest absolute Gasteiger partial charge is 0.323 e. The van der Waals surface area contributed by atoms with Crippen LogP contribution in [0.4, 0.5) is 0 Å². The van der Waals surface area contributed by atoms with E-state index in [0.717, 1.165) is 25.8 Å². The van der Waals surface area contributed by atoms with Crippen LogP contribution in [-0.4, -0.2) is 23.2 Å². The molecule has 1 aliphatic carbocycles. The molecule has 2 rings (SSSR count). The Balaban J connectivity index is 2.06. The van der Waals surface area contributed by atoms with E-state index in [9.17, 15) is 9.90 Å². The molecule has 20 heavy (non-hydrogen) atoms. The minimum Gasteiger partial charge on any atom is -0.480 e. The molecule has 2 unspecified atom stereocenters. The molecule has 0 aromatic heterocycles. The van der Waals surface area contributed by atoms with Crippen molar-refractivity contribution in [2.75, 3.05) is 6.54 Å². The molecule has 0 bridgehead atoms. The van der Waals surface area contributed by atoms with Gasteiger partial charge in [-0.15, -0.1) is 0 Å². The van der Waals surface area contributed by atoms with E-state index in [2.05, 4.69) is 29.6 Å². The van der Waals surface area contributed by atoms with E-state index in [1.54, 1.807) is 6.92 Å².